The number of rotatable bonds is 4. The number of hydrogen-bond acceptors (Lipinski definition) is 7. The maximum absolute atomic E-state index is 13.9. The van der Waals surface area contributed by atoms with Crippen LogP contribution in [0.15, 0.2) is 35.2 Å². The van der Waals surface area contributed by atoms with Crippen molar-refractivity contribution >= 4 is 21.5 Å². The van der Waals surface area contributed by atoms with Crippen LogP contribution in [-0.4, -0.2) is 65.8 Å². The second-order valence-electron chi connectivity index (χ2n) is 6.40. The van der Waals surface area contributed by atoms with Crippen molar-refractivity contribution in [3.05, 3.63) is 42.0 Å². The van der Waals surface area contributed by atoms with Gasteiger partial charge in [-0.3, -0.25) is 0 Å². The Hall–Kier alpha value is -2.79. The van der Waals surface area contributed by atoms with Gasteiger partial charge in [-0.25, -0.2) is 12.8 Å². The molecule has 0 atom stereocenters. The molecule has 148 valence electrons. The average Bonchev–Trinajstić information content (AvgIpc) is 3.08. The van der Waals surface area contributed by atoms with Crippen LogP contribution in [0.5, 0.6) is 5.75 Å². The Labute approximate surface area is 161 Å². The summed E-state index contributed by atoms with van der Waals surface area (Å²) in [7, 11) is -2.45. The van der Waals surface area contributed by atoms with Crippen LogP contribution in [-0.2, 0) is 10.0 Å². The molecular weight excluding hydrogens is 387 g/mol. The molecule has 0 aliphatic carbocycles. The van der Waals surface area contributed by atoms with Crippen molar-refractivity contribution < 1.29 is 17.5 Å². The number of nitrogens with zero attached hydrogens (tertiary/aromatic N) is 6. The van der Waals surface area contributed by atoms with Gasteiger partial charge in [-0.05, 0) is 37.3 Å². The number of aryl methyl sites for hydroxylation is 1. The highest BCUT2D eigenvalue weighted by atomic mass is 32.2. The molecule has 0 amide bonds. The molecule has 0 spiro atoms. The Balaban J connectivity index is 1.51. The Kier molecular flexibility index (Phi) is 4.63. The molecule has 3 heterocycles. The molecule has 0 N–H and O–H groups in total. The Morgan fingerprint density at radius 3 is 2.50 bits per heavy atom. The van der Waals surface area contributed by atoms with E-state index in [0.29, 0.717) is 24.6 Å². The van der Waals surface area contributed by atoms with Crippen molar-refractivity contribution in [2.24, 2.45) is 0 Å². The van der Waals surface area contributed by atoms with Crippen molar-refractivity contribution in [3.8, 4) is 5.75 Å². The molecule has 0 saturated carbocycles. The molecule has 0 radical (unpaired) electrons. The zero-order valence-corrected chi connectivity index (χ0v) is 16.2. The van der Waals surface area contributed by atoms with Crippen LogP contribution in [0.3, 0.4) is 0 Å². The molecule has 1 aromatic carbocycles. The fourth-order valence-electron chi connectivity index (χ4n) is 3.17. The van der Waals surface area contributed by atoms with Crippen molar-refractivity contribution in [3.63, 3.8) is 0 Å². The number of piperazine rings is 1. The fourth-order valence-corrected chi connectivity index (χ4v) is 4.60. The molecular formula is C17H19FN6O3S. The highest BCUT2D eigenvalue weighted by Crippen LogP contribution is 2.24. The van der Waals surface area contributed by atoms with Gasteiger partial charge in [0.15, 0.2) is 23.0 Å². The molecule has 9 nitrogen and oxygen atoms in total. The maximum Gasteiger partial charge on any atom is 0.243 e. The van der Waals surface area contributed by atoms with E-state index in [-0.39, 0.29) is 23.7 Å². The maximum atomic E-state index is 13.9. The third-order valence-corrected chi connectivity index (χ3v) is 6.62. The summed E-state index contributed by atoms with van der Waals surface area (Å²) < 4.78 is 47.4. The zero-order chi connectivity index (χ0) is 19.9. The summed E-state index contributed by atoms with van der Waals surface area (Å²) in [6.45, 7) is 3.30. The highest BCUT2D eigenvalue weighted by Gasteiger charge is 2.29. The third-order valence-electron chi connectivity index (χ3n) is 4.73. The highest BCUT2D eigenvalue weighted by molar-refractivity contribution is 7.89. The molecule has 3 aromatic rings. The van der Waals surface area contributed by atoms with Gasteiger partial charge in [0.2, 0.25) is 10.0 Å². The number of halogens is 1. The van der Waals surface area contributed by atoms with Gasteiger partial charge in [-0.2, -0.15) is 8.82 Å². The van der Waals surface area contributed by atoms with Crippen molar-refractivity contribution in [2.75, 3.05) is 38.2 Å². The molecule has 1 saturated heterocycles. The van der Waals surface area contributed by atoms with E-state index in [4.69, 9.17) is 4.74 Å². The number of sulfonamides is 1. The standard InChI is InChI=1S/C17H19FN6O3S/c1-12-19-20-16-5-6-17(21-24(12)16)22-7-9-23(10-8-22)28(25,26)13-3-4-15(27-2)14(18)11-13/h3-6,11H,7-10H2,1-2H3. The van der Waals surface area contributed by atoms with Crippen molar-refractivity contribution in [1.82, 2.24) is 24.1 Å². The van der Waals surface area contributed by atoms with E-state index in [0.717, 1.165) is 11.9 Å². The number of fused-ring (bicyclic) bond motifs is 1. The SMILES string of the molecule is COc1ccc(S(=O)(=O)N2CCN(c3ccc4nnc(C)n4n3)CC2)cc1F. The lowest BCUT2D eigenvalue weighted by Crippen LogP contribution is -2.49. The summed E-state index contributed by atoms with van der Waals surface area (Å²) in [4.78, 5) is 1.92. The van der Waals surface area contributed by atoms with E-state index < -0.39 is 15.8 Å². The number of methoxy groups -OCH3 is 1. The average molecular weight is 406 g/mol. The molecule has 0 bridgehead atoms. The van der Waals surface area contributed by atoms with Gasteiger partial charge in [-0.15, -0.1) is 15.3 Å². The molecule has 1 aliphatic heterocycles. The number of hydrogen-bond donors (Lipinski definition) is 0. The third kappa shape index (κ3) is 3.16. The predicted molar refractivity (Wildman–Crippen MR) is 99.4 cm³/mol. The Morgan fingerprint density at radius 2 is 1.82 bits per heavy atom. The van der Waals surface area contributed by atoms with E-state index in [1.54, 1.807) is 4.52 Å². The number of ether oxygens (including phenoxy) is 1. The van der Waals surface area contributed by atoms with E-state index in [2.05, 4.69) is 15.3 Å². The van der Waals surface area contributed by atoms with Crippen LogP contribution >= 0.6 is 0 Å². The Bertz CT molecular complexity index is 1130. The molecule has 1 aliphatic rings. The summed E-state index contributed by atoms with van der Waals surface area (Å²) in [6, 6.07) is 7.33. The monoisotopic (exact) mass is 406 g/mol. The normalized spacial score (nSPS) is 15.9. The van der Waals surface area contributed by atoms with Crippen LogP contribution in [0, 0.1) is 12.7 Å². The topological polar surface area (TPSA) is 92.9 Å². The summed E-state index contributed by atoms with van der Waals surface area (Å²) in [5.41, 5.74) is 0.656. The summed E-state index contributed by atoms with van der Waals surface area (Å²) in [6.07, 6.45) is 0. The van der Waals surface area contributed by atoms with Crippen molar-refractivity contribution in [2.45, 2.75) is 11.8 Å². The molecule has 2 aromatic heterocycles. The van der Waals surface area contributed by atoms with E-state index >= 15 is 0 Å². The van der Waals surface area contributed by atoms with Crippen LogP contribution in [0.1, 0.15) is 5.82 Å². The van der Waals surface area contributed by atoms with Gasteiger partial charge in [0.25, 0.3) is 0 Å². The minimum atomic E-state index is -3.78. The fraction of sp³-hybridized carbons (Fsp3) is 0.353. The number of benzene rings is 1. The molecule has 4 rings (SSSR count). The van der Waals surface area contributed by atoms with Gasteiger partial charge in [-0.1, -0.05) is 0 Å². The predicted octanol–water partition coefficient (Wildman–Crippen LogP) is 1.09. The van der Waals surface area contributed by atoms with Crippen LogP contribution < -0.4 is 9.64 Å². The van der Waals surface area contributed by atoms with Crippen LogP contribution in [0.4, 0.5) is 10.2 Å². The summed E-state index contributed by atoms with van der Waals surface area (Å²) in [5.74, 6) is 0.709. The van der Waals surface area contributed by atoms with E-state index in [1.807, 2.05) is 24.0 Å². The van der Waals surface area contributed by atoms with Crippen LogP contribution in [0.2, 0.25) is 0 Å². The minimum absolute atomic E-state index is 0.00882. The van der Waals surface area contributed by atoms with Gasteiger partial charge in [0.1, 0.15) is 5.82 Å². The lowest BCUT2D eigenvalue weighted by molar-refractivity contribution is 0.379. The summed E-state index contributed by atoms with van der Waals surface area (Å²) >= 11 is 0. The van der Waals surface area contributed by atoms with Gasteiger partial charge in [0, 0.05) is 26.2 Å². The molecule has 28 heavy (non-hydrogen) atoms. The zero-order valence-electron chi connectivity index (χ0n) is 15.4. The number of anilines is 1. The largest absolute Gasteiger partial charge is 0.494 e. The first-order chi connectivity index (χ1) is 13.4. The summed E-state index contributed by atoms with van der Waals surface area (Å²) in [5, 5.41) is 12.5. The van der Waals surface area contributed by atoms with Gasteiger partial charge in [0.05, 0.1) is 12.0 Å². The second kappa shape index (κ2) is 6.99. The van der Waals surface area contributed by atoms with Gasteiger partial charge >= 0.3 is 0 Å². The van der Waals surface area contributed by atoms with Crippen molar-refractivity contribution in [1.29, 1.82) is 0 Å². The quantitative estimate of drug-likeness (QED) is 0.640. The van der Waals surface area contributed by atoms with Crippen LogP contribution in [0.25, 0.3) is 5.65 Å². The van der Waals surface area contributed by atoms with E-state index in [9.17, 15) is 12.8 Å². The van der Waals surface area contributed by atoms with E-state index in [1.165, 1.54) is 23.5 Å². The van der Waals surface area contributed by atoms with Gasteiger partial charge < -0.3 is 9.64 Å². The lowest BCUT2D eigenvalue weighted by Gasteiger charge is -2.34. The molecule has 11 heteroatoms. The second-order valence-corrected chi connectivity index (χ2v) is 8.33. The first kappa shape index (κ1) is 18.6. The first-order valence-corrected chi connectivity index (χ1v) is 10.1. The molecule has 1 fully saturated rings. The molecule has 0 unspecified atom stereocenters. The smallest absolute Gasteiger partial charge is 0.243 e. The Morgan fingerprint density at radius 1 is 1.07 bits per heavy atom. The number of aromatic nitrogens is 4. The first-order valence-electron chi connectivity index (χ1n) is 8.68. The lowest BCUT2D eigenvalue weighted by atomic mass is 10.3. The minimum Gasteiger partial charge on any atom is -0.494 e.